The molecule has 0 aliphatic carbocycles. The van der Waals surface area contributed by atoms with Crippen LogP contribution < -0.4 is 0 Å². The average Bonchev–Trinajstić information content (AvgIpc) is 2.62. The molecule has 0 fully saturated rings. The van der Waals surface area contributed by atoms with Crippen molar-refractivity contribution in [2.75, 3.05) is 0 Å². The first-order valence-corrected chi connectivity index (χ1v) is 7.31. The van der Waals surface area contributed by atoms with E-state index in [1.54, 1.807) is 18.2 Å². The van der Waals surface area contributed by atoms with Gasteiger partial charge in [-0.05, 0) is 22.2 Å². The Morgan fingerprint density at radius 1 is 0.565 bits per heavy atom. The first-order chi connectivity index (χ1) is 11.3. The molecule has 112 valence electrons. The van der Waals surface area contributed by atoms with Crippen LogP contribution in [0.4, 0.5) is 5.69 Å². The fraction of sp³-hybridized carbons (Fsp3) is 0. The Morgan fingerprint density at radius 2 is 1.00 bits per heavy atom. The molecule has 0 spiro atoms. The molecule has 4 aromatic rings. The van der Waals surface area contributed by atoms with Gasteiger partial charge in [-0.15, -0.1) is 0 Å². The molecule has 0 bridgehead atoms. The standard InChI is InChI=1S/C10H7NO2.C10H8/c12-11(13)10-7-3-5-8-4-1-2-6-9(8)10;1-2-6-10-8-4-3-7-9(10)5-1/h1-7H;1-8H. The fourth-order valence-corrected chi connectivity index (χ4v) is 2.50. The second-order valence-corrected chi connectivity index (χ2v) is 5.10. The van der Waals surface area contributed by atoms with Gasteiger partial charge in [0.15, 0.2) is 0 Å². The lowest BCUT2D eigenvalue weighted by atomic mass is 10.1. The number of fused-ring (bicyclic) bond motifs is 2. The molecule has 23 heavy (non-hydrogen) atoms. The van der Waals surface area contributed by atoms with E-state index in [9.17, 15) is 10.1 Å². The number of hydrogen-bond acceptors (Lipinski definition) is 2. The van der Waals surface area contributed by atoms with E-state index in [1.807, 2.05) is 18.2 Å². The molecular weight excluding hydrogens is 286 g/mol. The predicted octanol–water partition coefficient (Wildman–Crippen LogP) is 5.59. The summed E-state index contributed by atoms with van der Waals surface area (Å²) in [7, 11) is 0. The number of hydrogen-bond donors (Lipinski definition) is 0. The maximum atomic E-state index is 10.6. The second kappa shape index (κ2) is 6.71. The van der Waals surface area contributed by atoms with E-state index in [1.165, 1.54) is 16.8 Å². The average molecular weight is 301 g/mol. The van der Waals surface area contributed by atoms with E-state index < -0.39 is 0 Å². The Bertz CT molecular complexity index is 893. The van der Waals surface area contributed by atoms with Crippen molar-refractivity contribution >= 4 is 27.2 Å². The van der Waals surface area contributed by atoms with Crippen molar-refractivity contribution in [1.29, 1.82) is 0 Å². The van der Waals surface area contributed by atoms with Gasteiger partial charge in [0.2, 0.25) is 0 Å². The molecule has 0 heterocycles. The Labute approximate surface area is 134 Å². The zero-order valence-corrected chi connectivity index (χ0v) is 12.4. The number of nitro benzene ring substituents is 1. The van der Waals surface area contributed by atoms with Gasteiger partial charge < -0.3 is 0 Å². The van der Waals surface area contributed by atoms with Gasteiger partial charge >= 0.3 is 0 Å². The molecule has 3 heteroatoms. The van der Waals surface area contributed by atoms with E-state index in [-0.39, 0.29) is 10.6 Å². The smallest absolute Gasteiger partial charge is 0.258 e. The highest BCUT2D eigenvalue weighted by Gasteiger charge is 2.08. The first kappa shape index (κ1) is 14.7. The predicted molar refractivity (Wildman–Crippen MR) is 94.6 cm³/mol. The zero-order chi connectivity index (χ0) is 16.1. The highest BCUT2D eigenvalue weighted by Crippen LogP contribution is 2.24. The van der Waals surface area contributed by atoms with Crippen LogP contribution in [0.1, 0.15) is 0 Å². The first-order valence-electron chi connectivity index (χ1n) is 7.31. The monoisotopic (exact) mass is 301 g/mol. The van der Waals surface area contributed by atoms with Crippen molar-refractivity contribution in [2.24, 2.45) is 0 Å². The highest BCUT2D eigenvalue weighted by atomic mass is 16.6. The lowest BCUT2D eigenvalue weighted by molar-refractivity contribution is -0.383. The molecule has 3 nitrogen and oxygen atoms in total. The molecule has 0 saturated heterocycles. The maximum Gasteiger partial charge on any atom is 0.277 e. The second-order valence-electron chi connectivity index (χ2n) is 5.10. The minimum absolute atomic E-state index is 0.165. The van der Waals surface area contributed by atoms with Crippen molar-refractivity contribution in [3.05, 3.63) is 101 Å². The summed E-state index contributed by atoms with van der Waals surface area (Å²) in [4.78, 5) is 10.3. The van der Waals surface area contributed by atoms with Gasteiger partial charge in [0.1, 0.15) is 0 Å². The van der Waals surface area contributed by atoms with Crippen LogP contribution in [-0.2, 0) is 0 Å². The Morgan fingerprint density at radius 3 is 1.52 bits per heavy atom. The third-order valence-electron chi connectivity index (χ3n) is 3.62. The molecule has 4 aromatic carbocycles. The normalized spacial score (nSPS) is 10.1. The quantitative estimate of drug-likeness (QED) is 0.340. The molecule has 0 radical (unpaired) electrons. The van der Waals surface area contributed by atoms with Crippen molar-refractivity contribution in [1.82, 2.24) is 0 Å². The van der Waals surface area contributed by atoms with E-state index in [2.05, 4.69) is 48.5 Å². The van der Waals surface area contributed by atoms with Gasteiger partial charge in [-0.3, -0.25) is 10.1 Å². The van der Waals surface area contributed by atoms with Crippen molar-refractivity contribution < 1.29 is 4.92 Å². The summed E-state index contributed by atoms with van der Waals surface area (Å²) in [6, 6.07) is 29.1. The number of benzene rings is 4. The maximum absolute atomic E-state index is 10.6. The van der Waals surface area contributed by atoms with Crippen LogP contribution in [0.25, 0.3) is 21.5 Å². The molecule has 0 N–H and O–H groups in total. The minimum Gasteiger partial charge on any atom is -0.258 e. The highest BCUT2D eigenvalue weighted by molar-refractivity contribution is 5.90. The lowest BCUT2D eigenvalue weighted by Crippen LogP contribution is -1.88. The third-order valence-corrected chi connectivity index (χ3v) is 3.62. The SMILES string of the molecule is O=[N+]([O-])c1cccc2ccccc12.c1ccc2ccccc2c1. The van der Waals surface area contributed by atoms with Crippen LogP contribution in [0.5, 0.6) is 0 Å². The van der Waals surface area contributed by atoms with Crippen LogP contribution in [-0.4, -0.2) is 4.92 Å². The molecule has 0 aliphatic heterocycles. The molecule has 0 saturated carbocycles. The van der Waals surface area contributed by atoms with Crippen molar-refractivity contribution in [3.8, 4) is 0 Å². The van der Waals surface area contributed by atoms with Crippen LogP contribution >= 0.6 is 0 Å². The minimum atomic E-state index is -0.359. The third kappa shape index (κ3) is 3.35. The number of non-ortho nitro benzene ring substituents is 1. The van der Waals surface area contributed by atoms with Gasteiger partial charge in [0, 0.05) is 6.07 Å². The number of rotatable bonds is 1. The molecule has 0 aliphatic rings. The van der Waals surface area contributed by atoms with Gasteiger partial charge in [-0.25, -0.2) is 0 Å². The zero-order valence-electron chi connectivity index (χ0n) is 12.4. The van der Waals surface area contributed by atoms with Crippen molar-refractivity contribution in [2.45, 2.75) is 0 Å². The summed E-state index contributed by atoms with van der Waals surface area (Å²) in [6.07, 6.45) is 0. The van der Waals surface area contributed by atoms with Crippen LogP contribution in [0, 0.1) is 10.1 Å². The van der Waals surface area contributed by atoms with Crippen LogP contribution in [0.15, 0.2) is 91.0 Å². The van der Waals surface area contributed by atoms with Crippen LogP contribution in [0.3, 0.4) is 0 Å². The Hall–Kier alpha value is -3.20. The van der Waals surface area contributed by atoms with Crippen LogP contribution in [0.2, 0.25) is 0 Å². The number of nitrogens with zero attached hydrogens (tertiary/aromatic N) is 1. The molecule has 0 atom stereocenters. The van der Waals surface area contributed by atoms with E-state index in [0.717, 1.165) is 5.39 Å². The summed E-state index contributed by atoms with van der Waals surface area (Å²) in [6.45, 7) is 0. The summed E-state index contributed by atoms with van der Waals surface area (Å²) >= 11 is 0. The van der Waals surface area contributed by atoms with Gasteiger partial charge in [-0.2, -0.15) is 0 Å². The molecule has 4 rings (SSSR count). The largest absolute Gasteiger partial charge is 0.277 e. The fourth-order valence-electron chi connectivity index (χ4n) is 2.50. The molecular formula is C20H15NO2. The Balaban J connectivity index is 0.000000140. The Kier molecular flexibility index (Phi) is 4.29. The molecule has 0 amide bonds. The summed E-state index contributed by atoms with van der Waals surface area (Å²) < 4.78 is 0. The number of nitro groups is 1. The summed E-state index contributed by atoms with van der Waals surface area (Å²) in [5.74, 6) is 0. The van der Waals surface area contributed by atoms with E-state index in [0.29, 0.717) is 5.39 Å². The molecule has 0 aromatic heterocycles. The summed E-state index contributed by atoms with van der Waals surface area (Å²) in [5, 5.41) is 14.8. The van der Waals surface area contributed by atoms with E-state index >= 15 is 0 Å². The lowest BCUT2D eigenvalue weighted by Gasteiger charge is -1.97. The van der Waals surface area contributed by atoms with Gasteiger partial charge in [-0.1, -0.05) is 78.9 Å². The van der Waals surface area contributed by atoms with E-state index in [4.69, 9.17) is 0 Å². The topological polar surface area (TPSA) is 43.1 Å². The van der Waals surface area contributed by atoms with Crippen molar-refractivity contribution in [3.63, 3.8) is 0 Å². The van der Waals surface area contributed by atoms with Gasteiger partial charge in [0.25, 0.3) is 5.69 Å². The van der Waals surface area contributed by atoms with Gasteiger partial charge in [0.05, 0.1) is 10.3 Å². The molecule has 0 unspecified atom stereocenters. The summed E-state index contributed by atoms with van der Waals surface area (Å²) in [5.41, 5.74) is 0.165.